The Morgan fingerprint density at radius 2 is 2.00 bits per heavy atom. The SMILES string of the molecule is CCC/C=C(/CCNC(=O)c1cc(Cc2cc(F)ccc2F)on1)c1cc(Cl)ccc1C. The van der Waals surface area contributed by atoms with Gasteiger partial charge in [0.05, 0.1) is 0 Å². The van der Waals surface area contributed by atoms with Gasteiger partial charge in [0.1, 0.15) is 17.4 Å². The highest BCUT2D eigenvalue weighted by molar-refractivity contribution is 6.30. The van der Waals surface area contributed by atoms with Crippen LogP contribution in [0.2, 0.25) is 5.02 Å². The first-order chi connectivity index (χ1) is 15.4. The third kappa shape index (κ3) is 6.26. The molecule has 0 atom stereocenters. The van der Waals surface area contributed by atoms with Crippen molar-refractivity contribution in [2.75, 3.05) is 6.54 Å². The second-order valence-corrected chi connectivity index (χ2v) is 8.01. The second-order valence-electron chi connectivity index (χ2n) is 7.57. The molecule has 0 saturated carbocycles. The molecule has 0 saturated heterocycles. The predicted molar refractivity (Wildman–Crippen MR) is 122 cm³/mol. The maximum Gasteiger partial charge on any atom is 0.273 e. The Morgan fingerprint density at radius 1 is 1.19 bits per heavy atom. The Bertz CT molecular complexity index is 1120. The van der Waals surface area contributed by atoms with Crippen molar-refractivity contribution < 1.29 is 18.1 Å². The minimum Gasteiger partial charge on any atom is -0.360 e. The molecule has 3 rings (SSSR count). The molecule has 1 heterocycles. The molecular weight excluding hydrogens is 434 g/mol. The summed E-state index contributed by atoms with van der Waals surface area (Å²) >= 11 is 6.18. The average Bonchev–Trinajstić information content (AvgIpc) is 3.23. The third-order valence-corrected chi connectivity index (χ3v) is 5.30. The molecule has 0 spiro atoms. The molecule has 1 aromatic heterocycles. The second kappa shape index (κ2) is 11.0. The van der Waals surface area contributed by atoms with Gasteiger partial charge in [-0.25, -0.2) is 8.78 Å². The summed E-state index contributed by atoms with van der Waals surface area (Å²) in [6, 6.07) is 10.4. The van der Waals surface area contributed by atoms with E-state index in [1.54, 1.807) is 0 Å². The van der Waals surface area contributed by atoms with Gasteiger partial charge >= 0.3 is 0 Å². The molecule has 3 aromatic rings. The van der Waals surface area contributed by atoms with E-state index in [0.717, 1.165) is 47.7 Å². The van der Waals surface area contributed by atoms with E-state index < -0.39 is 17.5 Å². The summed E-state index contributed by atoms with van der Waals surface area (Å²) in [5.74, 6) is -1.20. The Morgan fingerprint density at radius 3 is 2.78 bits per heavy atom. The molecule has 1 amide bonds. The number of nitrogens with zero attached hydrogens (tertiary/aromatic N) is 1. The zero-order chi connectivity index (χ0) is 23.1. The van der Waals surface area contributed by atoms with E-state index >= 15 is 0 Å². The largest absolute Gasteiger partial charge is 0.360 e. The van der Waals surface area contributed by atoms with Gasteiger partial charge in [-0.15, -0.1) is 0 Å². The summed E-state index contributed by atoms with van der Waals surface area (Å²) < 4.78 is 32.3. The number of allylic oxidation sites excluding steroid dienone is 1. The first-order valence-corrected chi connectivity index (χ1v) is 10.9. The number of hydrogen-bond donors (Lipinski definition) is 1. The van der Waals surface area contributed by atoms with E-state index in [9.17, 15) is 13.6 Å². The molecule has 7 heteroatoms. The number of aromatic nitrogens is 1. The molecule has 0 radical (unpaired) electrons. The predicted octanol–water partition coefficient (Wildman–Crippen LogP) is 6.51. The van der Waals surface area contributed by atoms with Gasteiger partial charge in [0, 0.05) is 24.1 Å². The van der Waals surface area contributed by atoms with Crippen molar-refractivity contribution in [1.82, 2.24) is 10.5 Å². The minimum absolute atomic E-state index is 0.00181. The quantitative estimate of drug-likeness (QED) is 0.397. The van der Waals surface area contributed by atoms with E-state index in [1.165, 1.54) is 6.07 Å². The van der Waals surface area contributed by atoms with Crippen LogP contribution in [0.15, 0.2) is 53.1 Å². The van der Waals surface area contributed by atoms with Crippen molar-refractivity contribution in [1.29, 1.82) is 0 Å². The topological polar surface area (TPSA) is 55.1 Å². The Kier molecular flexibility index (Phi) is 8.17. The van der Waals surface area contributed by atoms with Gasteiger partial charge in [0.2, 0.25) is 0 Å². The van der Waals surface area contributed by atoms with Crippen LogP contribution in [-0.2, 0) is 6.42 Å². The summed E-state index contributed by atoms with van der Waals surface area (Å²) in [6.07, 6.45) is 4.75. The van der Waals surface area contributed by atoms with Gasteiger partial charge in [-0.05, 0) is 72.4 Å². The minimum atomic E-state index is -0.545. The highest BCUT2D eigenvalue weighted by Crippen LogP contribution is 2.26. The molecule has 0 aliphatic carbocycles. The standard InChI is InChI=1S/C25H25ClF2N2O2/c1-3-4-5-17(22-14-19(26)7-6-16(22)2)10-11-29-25(31)24-15-21(32-30-24)13-18-12-20(27)8-9-23(18)28/h5-9,12,14-15H,3-4,10-11,13H2,1-2H3,(H,29,31)/b17-5-. The van der Waals surface area contributed by atoms with Crippen molar-refractivity contribution in [3.05, 3.63) is 93.3 Å². The van der Waals surface area contributed by atoms with Crippen molar-refractivity contribution in [3.63, 3.8) is 0 Å². The molecule has 0 bridgehead atoms. The summed E-state index contributed by atoms with van der Waals surface area (Å²) in [5.41, 5.74) is 3.54. The van der Waals surface area contributed by atoms with Gasteiger partial charge < -0.3 is 9.84 Å². The summed E-state index contributed by atoms with van der Waals surface area (Å²) in [6.45, 7) is 4.54. The molecule has 0 fully saturated rings. The fraction of sp³-hybridized carbons (Fsp3) is 0.280. The third-order valence-electron chi connectivity index (χ3n) is 5.07. The molecule has 168 valence electrons. The van der Waals surface area contributed by atoms with Gasteiger partial charge in [0.25, 0.3) is 5.91 Å². The van der Waals surface area contributed by atoms with Crippen molar-refractivity contribution in [3.8, 4) is 0 Å². The molecular formula is C25H25ClF2N2O2. The van der Waals surface area contributed by atoms with Crippen LogP contribution in [0, 0.1) is 18.6 Å². The molecule has 32 heavy (non-hydrogen) atoms. The lowest BCUT2D eigenvalue weighted by Gasteiger charge is -2.12. The lowest BCUT2D eigenvalue weighted by atomic mass is 9.96. The fourth-order valence-corrected chi connectivity index (χ4v) is 3.55. The number of carbonyl (C=O) groups is 1. The highest BCUT2D eigenvalue weighted by atomic mass is 35.5. The van der Waals surface area contributed by atoms with E-state index in [-0.39, 0.29) is 23.4 Å². The summed E-state index contributed by atoms with van der Waals surface area (Å²) in [4.78, 5) is 12.5. The zero-order valence-electron chi connectivity index (χ0n) is 18.1. The van der Waals surface area contributed by atoms with E-state index in [4.69, 9.17) is 16.1 Å². The number of hydrogen-bond acceptors (Lipinski definition) is 3. The van der Waals surface area contributed by atoms with Gasteiger partial charge in [-0.1, -0.05) is 42.2 Å². The lowest BCUT2D eigenvalue weighted by Crippen LogP contribution is -2.25. The van der Waals surface area contributed by atoms with Crippen LogP contribution in [0.5, 0.6) is 0 Å². The van der Waals surface area contributed by atoms with E-state index in [2.05, 4.69) is 23.5 Å². The Labute approximate surface area is 191 Å². The first-order valence-electron chi connectivity index (χ1n) is 10.5. The Hall–Kier alpha value is -2.99. The van der Waals surface area contributed by atoms with Gasteiger partial charge in [-0.3, -0.25) is 4.79 Å². The maximum absolute atomic E-state index is 13.8. The number of aryl methyl sites for hydroxylation is 1. The molecule has 0 aliphatic rings. The van der Waals surface area contributed by atoms with E-state index in [0.29, 0.717) is 18.0 Å². The van der Waals surface area contributed by atoms with Crippen molar-refractivity contribution >= 4 is 23.1 Å². The molecule has 1 N–H and O–H groups in total. The smallest absolute Gasteiger partial charge is 0.273 e. The normalized spacial score (nSPS) is 11.6. The van der Waals surface area contributed by atoms with Crippen LogP contribution in [0.1, 0.15) is 59.1 Å². The fourth-order valence-electron chi connectivity index (χ4n) is 3.38. The highest BCUT2D eigenvalue weighted by Gasteiger charge is 2.15. The van der Waals surface area contributed by atoms with Crippen molar-refractivity contribution in [2.45, 2.75) is 39.5 Å². The van der Waals surface area contributed by atoms with Crippen molar-refractivity contribution in [2.24, 2.45) is 0 Å². The number of benzene rings is 2. The van der Waals surface area contributed by atoms with Crippen LogP contribution in [0.3, 0.4) is 0 Å². The number of amides is 1. The van der Waals surface area contributed by atoms with Gasteiger partial charge in [0.15, 0.2) is 5.69 Å². The van der Waals surface area contributed by atoms with Crippen LogP contribution < -0.4 is 5.32 Å². The average molecular weight is 459 g/mol. The molecule has 2 aromatic carbocycles. The van der Waals surface area contributed by atoms with Crippen LogP contribution >= 0.6 is 11.6 Å². The summed E-state index contributed by atoms with van der Waals surface area (Å²) in [7, 11) is 0. The number of nitrogens with one attached hydrogen (secondary N) is 1. The zero-order valence-corrected chi connectivity index (χ0v) is 18.8. The van der Waals surface area contributed by atoms with Crippen LogP contribution in [-0.4, -0.2) is 17.6 Å². The number of halogens is 3. The molecule has 0 unspecified atom stereocenters. The monoisotopic (exact) mass is 458 g/mol. The van der Waals surface area contributed by atoms with Crippen LogP contribution in [0.4, 0.5) is 8.78 Å². The molecule has 4 nitrogen and oxygen atoms in total. The molecule has 0 aliphatic heterocycles. The number of carbonyl (C=O) groups excluding carboxylic acids is 1. The van der Waals surface area contributed by atoms with E-state index in [1.807, 2.05) is 25.1 Å². The van der Waals surface area contributed by atoms with Crippen LogP contribution in [0.25, 0.3) is 5.57 Å². The summed E-state index contributed by atoms with van der Waals surface area (Å²) in [5, 5.41) is 7.27. The first kappa shape index (κ1) is 23.7. The number of rotatable bonds is 9. The Balaban J connectivity index is 1.62. The number of unbranched alkanes of at least 4 members (excludes halogenated alkanes) is 1. The van der Waals surface area contributed by atoms with Gasteiger partial charge in [-0.2, -0.15) is 0 Å². The lowest BCUT2D eigenvalue weighted by molar-refractivity contribution is 0.0945. The maximum atomic E-state index is 13.8.